The maximum absolute atomic E-state index is 13.8. The van der Waals surface area contributed by atoms with Gasteiger partial charge in [0, 0.05) is 37.4 Å². The van der Waals surface area contributed by atoms with E-state index in [1.54, 1.807) is 12.1 Å². The second-order valence-electron chi connectivity index (χ2n) is 9.21. The molecule has 2 heterocycles. The number of piperidine rings is 1. The number of aliphatic carboxylic acids is 1. The van der Waals surface area contributed by atoms with Crippen LogP contribution in [0.1, 0.15) is 30.1 Å². The summed E-state index contributed by atoms with van der Waals surface area (Å²) in [4.78, 5) is 38.0. The number of hydrogen-bond donors (Lipinski definition) is 3. The van der Waals surface area contributed by atoms with Gasteiger partial charge in [-0.2, -0.15) is 13.2 Å². The molecule has 0 unspecified atom stereocenters. The molecule has 8 nitrogen and oxygen atoms in total. The van der Waals surface area contributed by atoms with Crippen LogP contribution in [-0.4, -0.2) is 71.9 Å². The van der Waals surface area contributed by atoms with E-state index in [-0.39, 0.29) is 23.3 Å². The number of nitrogens with one attached hydrogen (secondary N) is 2. The van der Waals surface area contributed by atoms with Gasteiger partial charge in [-0.1, -0.05) is 6.07 Å². The molecule has 3 N–H and O–H groups in total. The lowest BCUT2D eigenvalue weighted by Crippen LogP contribution is -2.57. The second-order valence-corrected chi connectivity index (χ2v) is 9.21. The maximum Gasteiger partial charge on any atom is 0.490 e. The van der Waals surface area contributed by atoms with Gasteiger partial charge >= 0.3 is 12.1 Å². The largest absolute Gasteiger partial charge is 0.490 e. The van der Waals surface area contributed by atoms with Crippen LogP contribution in [-0.2, 0) is 9.59 Å². The molecule has 2 aliphatic heterocycles. The lowest BCUT2D eigenvalue weighted by atomic mass is 9.85. The van der Waals surface area contributed by atoms with Gasteiger partial charge in [-0.05, 0) is 50.1 Å². The first-order valence-corrected chi connectivity index (χ1v) is 11.8. The lowest BCUT2D eigenvalue weighted by molar-refractivity contribution is -0.192. The molecule has 2 amide bonds. The second kappa shape index (κ2) is 11.9. The zero-order valence-corrected chi connectivity index (χ0v) is 20.7. The highest BCUT2D eigenvalue weighted by Crippen LogP contribution is 2.36. The van der Waals surface area contributed by atoms with Gasteiger partial charge in [0.15, 0.2) is 0 Å². The molecule has 2 aromatic rings. The van der Waals surface area contributed by atoms with Crippen molar-refractivity contribution in [3.8, 4) is 0 Å². The van der Waals surface area contributed by atoms with E-state index in [1.165, 1.54) is 12.1 Å². The van der Waals surface area contributed by atoms with Crippen molar-refractivity contribution >= 4 is 23.5 Å². The summed E-state index contributed by atoms with van der Waals surface area (Å²) in [6.45, 7) is 3.89. The first kappa shape index (κ1) is 29.7. The van der Waals surface area contributed by atoms with Crippen molar-refractivity contribution in [1.29, 1.82) is 0 Å². The number of carboxylic acid groups (broad SMARTS) is 1. The average molecular weight is 560 g/mol. The van der Waals surface area contributed by atoms with Crippen LogP contribution in [0.4, 0.5) is 32.0 Å². The summed E-state index contributed by atoms with van der Waals surface area (Å²) in [6.07, 6.45) is -3.97. The number of rotatable bonds is 5. The van der Waals surface area contributed by atoms with Gasteiger partial charge in [0.2, 0.25) is 5.91 Å². The Morgan fingerprint density at radius 1 is 1.08 bits per heavy atom. The molecule has 1 spiro atoms. The topological polar surface area (TPSA) is 102 Å². The van der Waals surface area contributed by atoms with Crippen molar-refractivity contribution in [3.63, 3.8) is 0 Å². The smallest absolute Gasteiger partial charge is 0.475 e. The van der Waals surface area contributed by atoms with E-state index >= 15 is 0 Å². The number of carboxylic acids is 1. The van der Waals surface area contributed by atoms with Gasteiger partial charge in [-0.3, -0.25) is 9.59 Å². The number of benzene rings is 2. The molecule has 1 atom stereocenters. The first-order chi connectivity index (χ1) is 18.2. The predicted molar refractivity (Wildman–Crippen MR) is 127 cm³/mol. The van der Waals surface area contributed by atoms with Crippen molar-refractivity contribution in [1.82, 2.24) is 15.5 Å². The number of amides is 2. The molecule has 0 saturated carbocycles. The standard InChI is InChI=1S/C23H25F3N4O2.C2HF3O2/c1-15(28-21(31)19-6-5-17(25)12-20(19)26)13-29-9-7-23(8-10-29)22(32)27-14-30(23)18-4-2-3-16(24)11-18;3-2(4,5)1(6)7/h2-6,11-12,15H,7-10,13-14H2,1H3,(H,27,32)(H,28,31);(H,6,7)/t15-;/m0./s1. The minimum absolute atomic E-state index is 0.0606. The van der Waals surface area contributed by atoms with Crippen LogP contribution in [0.25, 0.3) is 0 Å². The minimum Gasteiger partial charge on any atom is -0.475 e. The number of alkyl halides is 3. The highest BCUT2D eigenvalue weighted by atomic mass is 19.4. The molecule has 0 bridgehead atoms. The highest BCUT2D eigenvalue weighted by Gasteiger charge is 2.50. The average Bonchev–Trinajstić information content (AvgIpc) is 3.15. The third-order valence-corrected chi connectivity index (χ3v) is 6.47. The van der Waals surface area contributed by atoms with Crippen LogP contribution < -0.4 is 15.5 Å². The third-order valence-electron chi connectivity index (χ3n) is 6.47. The summed E-state index contributed by atoms with van der Waals surface area (Å²) in [5, 5.41) is 12.7. The summed E-state index contributed by atoms with van der Waals surface area (Å²) in [5.74, 6) is -5.41. The molecule has 0 aliphatic carbocycles. The Balaban J connectivity index is 0.000000532. The van der Waals surface area contributed by atoms with Crippen LogP contribution in [0.5, 0.6) is 0 Å². The molecule has 2 aromatic carbocycles. The van der Waals surface area contributed by atoms with Crippen LogP contribution in [0.2, 0.25) is 0 Å². The van der Waals surface area contributed by atoms with Crippen LogP contribution >= 0.6 is 0 Å². The van der Waals surface area contributed by atoms with Crippen LogP contribution in [0.15, 0.2) is 42.5 Å². The van der Waals surface area contributed by atoms with Crippen molar-refractivity contribution in [2.24, 2.45) is 0 Å². The van der Waals surface area contributed by atoms with E-state index in [4.69, 9.17) is 9.90 Å². The quantitative estimate of drug-likeness (QED) is 0.486. The minimum atomic E-state index is -5.08. The molecule has 4 rings (SSSR count). The Morgan fingerprint density at radius 3 is 2.26 bits per heavy atom. The molecule has 0 radical (unpaired) electrons. The Morgan fingerprint density at radius 2 is 1.69 bits per heavy atom. The van der Waals surface area contributed by atoms with E-state index in [0.717, 1.165) is 12.1 Å². The number of halogens is 6. The van der Waals surface area contributed by atoms with Crippen LogP contribution in [0, 0.1) is 17.5 Å². The molecule has 212 valence electrons. The molecule has 39 heavy (non-hydrogen) atoms. The van der Waals surface area contributed by atoms with E-state index in [2.05, 4.69) is 15.5 Å². The predicted octanol–water partition coefficient (Wildman–Crippen LogP) is 3.28. The fourth-order valence-corrected chi connectivity index (χ4v) is 4.58. The number of nitrogens with zero attached hydrogens (tertiary/aromatic N) is 2. The van der Waals surface area contributed by atoms with Gasteiger partial charge in [-0.25, -0.2) is 18.0 Å². The number of likely N-dealkylation sites (tertiary alicyclic amines) is 1. The Hall–Kier alpha value is -3.81. The van der Waals surface area contributed by atoms with Gasteiger partial charge in [0.05, 0.1) is 12.2 Å². The van der Waals surface area contributed by atoms with Crippen molar-refractivity contribution in [3.05, 3.63) is 65.5 Å². The molecule has 2 aliphatic rings. The molecule has 0 aromatic heterocycles. The first-order valence-electron chi connectivity index (χ1n) is 11.8. The summed E-state index contributed by atoms with van der Waals surface area (Å²) in [5.41, 5.74) is -0.267. The van der Waals surface area contributed by atoms with Crippen molar-refractivity contribution in [2.45, 2.75) is 37.5 Å². The van der Waals surface area contributed by atoms with Gasteiger partial charge < -0.3 is 25.5 Å². The SMILES string of the molecule is C[C@@H](CN1CCC2(CC1)C(=O)NCN2c1cccc(F)c1)NC(=O)c1ccc(F)cc1F.O=C(O)C(F)(F)F. The monoisotopic (exact) mass is 560 g/mol. The van der Waals surface area contributed by atoms with Crippen LogP contribution in [0.3, 0.4) is 0 Å². The highest BCUT2D eigenvalue weighted by molar-refractivity contribution is 5.95. The number of hydrogen-bond acceptors (Lipinski definition) is 5. The molecule has 14 heteroatoms. The summed E-state index contributed by atoms with van der Waals surface area (Å²) >= 11 is 0. The number of anilines is 1. The van der Waals surface area contributed by atoms with Gasteiger partial charge in [0.1, 0.15) is 23.0 Å². The Labute approximate surface area is 219 Å². The normalized spacial score (nSPS) is 17.7. The number of carbonyl (C=O) groups is 3. The fourth-order valence-electron chi connectivity index (χ4n) is 4.58. The summed E-state index contributed by atoms with van der Waals surface area (Å²) in [7, 11) is 0. The van der Waals surface area contributed by atoms with Crippen molar-refractivity contribution < 1.29 is 45.8 Å². The molecular weight excluding hydrogens is 534 g/mol. The van der Waals surface area contributed by atoms with E-state index in [0.29, 0.717) is 50.9 Å². The third kappa shape index (κ3) is 7.19. The lowest BCUT2D eigenvalue weighted by Gasteiger charge is -2.43. The Bertz CT molecular complexity index is 1220. The Kier molecular flexibility index (Phi) is 9.10. The van der Waals surface area contributed by atoms with E-state index < -0.39 is 35.2 Å². The van der Waals surface area contributed by atoms with Gasteiger partial charge in [0.25, 0.3) is 5.91 Å². The maximum atomic E-state index is 13.8. The van der Waals surface area contributed by atoms with E-state index in [1.807, 2.05) is 11.8 Å². The zero-order chi connectivity index (χ0) is 29.0. The summed E-state index contributed by atoms with van der Waals surface area (Å²) in [6, 6.07) is 8.80. The van der Waals surface area contributed by atoms with E-state index in [9.17, 15) is 35.9 Å². The fraction of sp³-hybridized carbons (Fsp3) is 0.400. The summed E-state index contributed by atoms with van der Waals surface area (Å²) < 4.78 is 72.4. The number of carbonyl (C=O) groups excluding carboxylic acids is 2. The molecule has 2 saturated heterocycles. The zero-order valence-electron chi connectivity index (χ0n) is 20.7. The molecule has 2 fully saturated rings. The van der Waals surface area contributed by atoms with Crippen molar-refractivity contribution in [2.75, 3.05) is 31.2 Å². The van der Waals surface area contributed by atoms with Gasteiger partial charge in [-0.15, -0.1) is 0 Å². The molecular formula is C25H26F6N4O4.